The molecule has 14 heteroatoms. The van der Waals surface area contributed by atoms with Crippen LogP contribution in [0, 0.1) is 40.7 Å². The number of nitrogens with zero attached hydrogens (tertiary/aromatic N) is 1. The SMILES string of the molecule is COc1cc(Br)c(F)cc1N1CC=Cc2cc(S(=O)(=O)Oc3c(F)c(F)c(F)c(F)c3F)c(F)cc21. The third kappa shape index (κ3) is 4.28. The Morgan fingerprint density at radius 2 is 1.42 bits per heavy atom. The van der Waals surface area contributed by atoms with E-state index < -0.39 is 61.5 Å². The molecule has 0 N–H and O–H groups in total. The fraction of sp³-hybridized carbons (Fsp3) is 0.0909. The van der Waals surface area contributed by atoms with Crippen molar-refractivity contribution in [3.8, 4) is 11.5 Å². The van der Waals surface area contributed by atoms with Crippen molar-refractivity contribution in [2.24, 2.45) is 0 Å². The van der Waals surface area contributed by atoms with Crippen molar-refractivity contribution in [3.63, 3.8) is 0 Å². The lowest BCUT2D eigenvalue weighted by Crippen LogP contribution is -2.22. The van der Waals surface area contributed by atoms with Gasteiger partial charge < -0.3 is 13.8 Å². The van der Waals surface area contributed by atoms with Gasteiger partial charge in [-0.25, -0.2) is 22.0 Å². The maximum absolute atomic E-state index is 15.0. The van der Waals surface area contributed by atoms with Gasteiger partial charge in [-0.2, -0.15) is 17.2 Å². The lowest BCUT2D eigenvalue weighted by atomic mass is 10.1. The van der Waals surface area contributed by atoms with Crippen LogP contribution < -0.4 is 13.8 Å². The van der Waals surface area contributed by atoms with Crippen molar-refractivity contribution < 1.29 is 48.1 Å². The van der Waals surface area contributed by atoms with Crippen LogP contribution in [0.3, 0.4) is 0 Å². The van der Waals surface area contributed by atoms with Crippen LogP contribution in [0.1, 0.15) is 5.56 Å². The standard InChI is InChI=1S/C22H11BrF7NO4S/c1-34-15-6-10(23)11(24)7-14(15)31-4-2-3-9-5-16(12(25)8-13(9)31)36(32,33)35-22-20(29)18(27)17(26)19(28)21(22)30/h2-3,5-8H,4H2,1H3. The molecule has 0 bridgehead atoms. The molecule has 1 heterocycles. The van der Waals surface area contributed by atoms with E-state index in [2.05, 4.69) is 20.1 Å². The first-order chi connectivity index (χ1) is 16.9. The molecule has 1 aliphatic heterocycles. The molecule has 0 radical (unpaired) electrons. The van der Waals surface area contributed by atoms with Gasteiger partial charge in [0.1, 0.15) is 22.3 Å². The molecule has 0 spiro atoms. The van der Waals surface area contributed by atoms with Crippen LogP contribution >= 0.6 is 15.9 Å². The Morgan fingerprint density at radius 3 is 2.03 bits per heavy atom. The summed E-state index contributed by atoms with van der Waals surface area (Å²) < 4.78 is 132. The average molecular weight is 598 g/mol. The molecule has 3 aromatic rings. The molecule has 0 fully saturated rings. The van der Waals surface area contributed by atoms with E-state index in [1.165, 1.54) is 30.2 Å². The number of anilines is 2. The highest BCUT2D eigenvalue weighted by molar-refractivity contribution is 9.10. The molecule has 36 heavy (non-hydrogen) atoms. The Morgan fingerprint density at radius 1 is 0.833 bits per heavy atom. The highest BCUT2D eigenvalue weighted by Gasteiger charge is 2.33. The van der Waals surface area contributed by atoms with E-state index in [-0.39, 0.29) is 33.7 Å². The molecular formula is C22H11BrF7NO4S. The quantitative estimate of drug-likeness (QED) is 0.148. The Kier molecular flexibility index (Phi) is 6.68. The first kappa shape index (κ1) is 25.8. The van der Waals surface area contributed by atoms with Crippen molar-refractivity contribution in [1.29, 1.82) is 0 Å². The highest BCUT2D eigenvalue weighted by Crippen LogP contribution is 2.42. The number of rotatable bonds is 5. The van der Waals surface area contributed by atoms with Gasteiger partial charge in [-0.1, -0.05) is 12.2 Å². The number of benzene rings is 3. The zero-order chi connectivity index (χ0) is 26.5. The van der Waals surface area contributed by atoms with Gasteiger partial charge in [-0.05, 0) is 39.7 Å². The summed E-state index contributed by atoms with van der Waals surface area (Å²) in [4.78, 5) is 0.152. The van der Waals surface area contributed by atoms with Crippen molar-refractivity contribution in [2.75, 3.05) is 18.6 Å². The van der Waals surface area contributed by atoms with Crippen LogP contribution in [0.25, 0.3) is 6.08 Å². The van der Waals surface area contributed by atoms with Crippen LogP contribution in [0.5, 0.6) is 11.5 Å². The number of methoxy groups -OCH3 is 1. The summed E-state index contributed by atoms with van der Waals surface area (Å²) in [6, 6.07) is 3.89. The third-order valence-electron chi connectivity index (χ3n) is 5.10. The maximum Gasteiger partial charge on any atom is 0.342 e. The van der Waals surface area contributed by atoms with Gasteiger partial charge in [0.25, 0.3) is 0 Å². The average Bonchev–Trinajstić information content (AvgIpc) is 2.84. The largest absolute Gasteiger partial charge is 0.495 e. The molecule has 190 valence electrons. The number of hydrogen-bond donors (Lipinski definition) is 0. The minimum Gasteiger partial charge on any atom is -0.495 e. The molecule has 5 nitrogen and oxygen atoms in total. The fourth-order valence-corrected chi connectivity index (χ4v) is 4.78. The van der Waals surface area contributed by atoms with E-state index in [0.29, 0.717) is 0 Å². The predicted molar refractivity (Wildman–Crippen MR) is 117 cm³/mol. The molecule has 0 saturated heterocycles. The van der Waals surface area contributed by atoms with Crippen LogP contribution in [0.4, 0.5) is 42.1 Å². The van der Waals surface area contributed by atoms with Crippen LogP contribution in [-0.4, -0.2) is 22.1 Å². The number of fused-ring (bicyclic) bond motifs is 1. The van der Waals surface area contributed by atoms with Gasteiger partial charge in [-0.3, -0.25) is 0 Å². The second-order valence-electron chi connectivity index (χ2n) is 7.23. The van der Waals surface area contributed by atoms with Gasteiger partial charge in [-0.15, -0.1) is 0 Å². The maximum atomic E-state index is 15.0. The fourth-order valence-electron chi connectivity index (χ4n) is 3.43. The van der Waals surface area contributed by atoms with Gasteiger partial charge in [0.15, 0.2) is 0 Å². The zero-order valence-electron chi connectivity index (χ0n) is 17.7. The summed E-state index contributed by atoms with van der Waals surface area (Å²) >= 11 is 3.02. The zero-order valence-corrected chi connectivity index (χ0v) is 20.1. The van der Waals surface area contributed by atoms with Crippen molar-refractivity contribution in [3.05, 3.63) is 81.1 Å². The molecular weight excluding hydrogens is 587 g/mol. The first-order valence-electron chi connectivity index (χ1n) is 9.64. The Hall–Kier alpha value is -3.26. The molecule has 1 aliphatic rings. The van der Waals surface area contributed by atoms with E-state index in [1.807, 2.05) is 0 Å². The predicted octanol–water partition coefficient (Wildman–Crippen LogP) is 6.36. The summed E-state index contributed by atoms with van der Waals surface area (Å²) in [5.41, 5.74) is 0.272. The Labute approximate surface area is 207 Å². The van der Waals surface area contributed by atoms with Gasteiger partial charge >= 0.3 is 10.1 Å². The van der Waals surface area contributed by atoms with Crippen molar-refractivity contribution in [1.82, 2.24) is 0 Å². The van der Waals surface area contributed by atoms with Crippen LogP contribution in [0.2, 0.25) is 0 Å². The van der Waals surface area contributed by atoms with E-state index in [0.717, 1.165) is 18.2 Å². The molecule has 0 unspecified atom stereocenters. The summed E-state index contributed by atoms with van der Waals surface area (Å²) in [6.45, 7) is 0.0943. The second kappa shape index (κ2) is 9.32. The van der Waals surface area contributed by atoms with E-state index in [1.54, 1.807) is 0 Å². The van der Waals surface area contributed by atoms with Gasteiger partial charge in [0.05, 0.1) is 23.0 Å². The molecule has 0 aromatic heterocycles. The van der Waals surface area contributed by atoms with Crippen molar-refractivity contribution in [2.45, 2.75) is 4.90 Å². The van der Waals surface area contributed by atoms with E-state index >= 15 is 0 Å². The normalized spacial score (nSPS) is 13.1. The van der Waals surface area contributed by atoms with Crippen LogP contribution in [0.15, 0.2) is 39.7 Å². The Bertz CT molecular complexity index is 1520. The topological polar surface area (TPSA) is 55.8 Å². The number of hydrogen-bond acceptors (Lipinski definition) is 5. The lowest BCUT2D eigenvalue weighted by Gasteiger charge is -2.30. The second-order valence-corrected chi connectivity index (χ2v) is 9.60. The molecule has 3 aromatic carbocycles. The van der Waals surface area contributed by atoms with Gasteiger partial charge in [0, 0.05) is 12.6 Å². The summed E-state index contributed by atoms with van der Waals surface area (Å²) in [7, 11) is -4.11. The smallest absolute Gasteiger partial charge is 0.342 e. The van der Waals surface area contributed by atoms with Gasteiger partial charge in [0.2, 0.25) is 34.8 Å². The minimum atomic E-state index is -5.43. The van der Waals surface area contributed by atoms with Crippen LogP contribution in [-0.2, 0) is 10.1 Å². The van der Waals surface area contributed by atoms with Crippen molar-refractivity contribution >= 4 is 43.5 Å². The Balaban J connectivity index is 1.80. The number of halogens is 8. The third-order valence-corrected chi connectivity index (χ3v) is 6.95. The summed E-state index contributed by atoms with van der Waals surface area (Å²) in [5.74, 6) is -16.6. The number of ether oxygens (including phenoxy) is 1. The monoisotopic (exact) mass is 597 g/mol. The molecule has 0 amide bonds. The highest BCUT2D eigenvalue weighted by atomic mass is 79.9. The molecule has 0 aliphatic carbocycles. The lowest BCUT2D eigenvalue weighted by molar-refractivity contribution is 0.346. The molecule has 0 saturated carbocycles. The summed E-state index contributed by atoms with van der Waals surface area (Å²) in [6.07, 6.45) is 2.89. The van der Waals surface area contributed by atoms with E-state index in [9.17, 15) is 39.2 Å². The summed E-state index contributed by atoms with van der Waals surface area (Å²) in [5, 5.41) is 0. The molecule has 4 rings (SSSR count). The minimum absolute atomic E-state index is 0.0487. The van der Waals surface area contributed by atoms with E-state index in [4.69, 9.17) is 4.74 Å². The first-order valence-corrected chi connectivity index (χ1v) is 11.8. The molecule has 0 atom stereocenters.